The molecule has 0 aliphatic carbocycles. The van der Waals surface area contributed by atoms with E-state index in [4.69, 9.17) is 5.73 Å². The SMILES string of the molecule is NC(CN1CCN(c2ccccn2)CC1)c1cccs1. The minimum Gasteiger partial charge on any atom is -0.354 e. The summed E-state index contributed by atoms with van der Waals surface area (Å²) in [6.07, 6.45) is 1.86. The van der Waals surface area contributed by atoms with Crippen molar-refractivity contribution >= 4 is 17.2 Å². The van der Waals surface area contributed by atoms with E-state index in [1.54, 1.807) is 11.3 Å². The van der Waals surface area contributed by atoms with Gasteiger partial charge in [-0.2, -0.15) is 0 Å². The molecule has 5 heteroatoms. The molecule has 0 amide bonds. The van der Waals surface area contributed by atoms with Crippen LogP contribution in [0.15, 0.2) is 41.9 Å². The number of nitrogens with zero attached hydrogens (tertiary/aromatic N) is 3. The lowest BCUT2D eigenvalue weighted by Gasteiger charge is -2.36. The lowest BCUT2D eigenvalue weighted by Crippen LogP contribution is -2.48. The minimum absolute atomic E-state index is 0.136. The molecule has 1 atom stereocenters. The van der Waals surface area contributed by atoms with Crippen molar-refractivity contribution in [1.29, 1.82) is 0 Å². The van der Waals surface area contributed by atoms with Gasteiger partial charge in [0.1, 0.15) is 5.82 Å². The van der Waals surface area contributed by atoms with Crippen LogP contribution >= 0.6 is 11.3 Å². The fourth-order valence-corrected chi connectivity index (χ4v) is 3.29. The maximum absolute atomic E-state index is 6.26. The summed E-state index contributed by atoms with van der Waals surface area (Å²) in [6, 6.07) is 10.4. The molecule has 2 aromatic heterocycles. The van der Waals surface area contributed by atoms with Crippen LogP contribution in [0.4, 0.5) is 5.82 Å². The Morgan fingerprint density at radius 1 is 1.15 bits per heavy atom. The molecule has 106 valence electrons. The maximum atomic E-state index is 6.26. The normalized spacial score (nSPS) is 18.1. The van der Waals surface area contributed by atoms with Crippen molar-refractivity contribution in [2.45, 2.75) is 6.04 Å². The number of hydrogen-bond acceptors (Lipinski definition) is 5. The van der Waals surface area contributed by atoms with Crippen LogP contribution in [0.1, 0.15) is 10.9 Å². The highest BCUT2D eigenvalue weighted by Crippen LogP contribution is 2.19. The van der Waals surface area contributed by atoms with Crippen molar-refractivity contribution in [2.75, 3.05) is 37.6 Å². The first-order valence-electron chi connectivity index (χ1n) is 7.00. The van der Waals surface area contributed by atoms with E-state index in [0.717, 1.165) is 38.5 Å². The van der Waals surface area contributed by atoms with E-state index in [-0.39, 0.29) is 6.04 Å². The molecule has 1 fully saturated rings. The van der Waals surface area contributed by atoms with Crippen molar-refractivity contribution in [3.63, 3.8) is 0 Å². The van der Waals surface area contributed by atoms with Crippen LogP contribution in [-0.2, 0) is 0 Å². The molecule has 0 bridgehead atoms. The van der Waals surface area contributed by atoms with Gasteiger partial charge in [-0.25, -0.2) is 4.98 Å². The fraction of sp³-hybridized carbons (Fsp3) is 0.400. The van der Waals surface area contributed by atoms with Crippen LogP contribution in [0.5, 0.6) is 0 Å². The summed E-state index contributed by atoms with van der Waals surface area (Å²) in [5.74, 6) is 1.08. The Labute approximate surface area is 123 Å². The molecular weight excluding hydrogens is 268 g/mol. The second-order valence-corrected chi connectivity index (χ2v) is 6.08. The largest absolute Gasteiger partial charge is 0.354 e. The number of nitrogens with two attached hydrogens (primary N) is 1. The number of aromatic nitrogens is 1. The molecule has 2 aromatic rings. The second kappa shape index (κ2) is 6.35. The average Bonchev–Trinajstić information content (AvgIpc) is 3.03. The van der Waals surface area contributed by atoms with Gasteiger partial charge < -0.3 is 10.6 Å². The predicted octanol–water partition coefficient (Wildman–Crippen LogP) is 1.97. The van der Waals surface area contributed by atoms with Gasteiger partial charge in [-0.05, 0) is 23.6 Å². The molecule has 4 nitrogen and oxygen atoms in total. The highest BCUT2D eigenvalue weighted by atomic mass is 32.1. The molecule has 1 aliphatic rings. The van der Waals surface area contributed by atoms with E-state index >= 15 is 0 Å². The average molecular weight is 288 g/mol. The van der Waals surface area contributed by atoms with Crippen LogP contribution in [0.3, 0.4) is 0 Å². The van der Waals surface area contributed by atoms with Crippen LogP contribution in [0.25, 0.3) is 0 Å². The van der Waals surface area contributed by atoms with Crippen LogP contribution < -0.4 is 10.6 Å². The van der Waals surface area contributed by atoms with E-state index in [0.29, 0.717) is 0 Å². The zero-order valence-corrected chi connectivity index (χ0v) is 12.3. The Morgan fingerprint density at radius 2 is 2.00 bits per heavy atom. The highest BCUT2D eigenvalue weighted by Gasteiger charge is 2.20. The molecule has 3 rings (SSSR count). The lowest BCUT2D eigenvalue weighted by atomic mass is 10.2. The first kappa shape index (κ1) is 13.5. The predicted molar refractivity (Wildman–Crippen MR) is 84.1 cm³/mol. The third kappa shape index (κ3) is 3.17. The van der Waals surface area contributed by atoms with Crippen LogP contribution in [-0.4, -0.2) is 42.6 Å². The Kier molecular flexibility index (Phi) is 4.30. The standard InChI is InChI=1S/C15H20N4S/c16-13(14-4-3-11-20-14)12-18-7-9-19(10-8-18)15-5-1-2-6-17-15/h1-6,11,13H,7-10,12,16H2. The number of thiophene rings is 1. The first-order valence-corrected chi connectivity index (χ1v) is 7.88. The quantitative estimate of drug-likeness (QED) is 0.934. The number of anilines is 1. The number of pyridine rings is 1. The molecule has 1 unspecified atom stereocenters. The van der Waals surface area contributed by atoms with Gasteiger partial charge in [0.2, 0.25) is 0 Å². The summed E-state index contributed by atoms with van der Waals surface area (Å²) in [6.45, 7) is 5.09. The molecule has 3 heterocycles. The molecule has 0 saturated carbocycles. The van der Waals surface area contributed by atoms with Crippen molar-refractivity contribution in [3.8, 4) is 0 Å². The van der Waals surface area contributed by atoms with Crippen molar-refractivity contribution in [2.24, 2.45) is 5.73 Å². The summed E-state index contributed by atoms with van der Waals surface area (Å²) in [7, 11) is 0. The van der Waals surface area contributed by atoms with Crippen molar-refractivity contribution < 1.29 is 0 Å². The Hall–Kier alpha value is -1.43. The second-order valence-electron chi connectivity index (χ2n) is 5.10. The zero-order chi connectivity index (χ0) is 13.8. The monoisotopic (exact) mass is 288 g/mol. The van der Waals surface area contributed by atoms with Gasteiger partial charge in [-0.15, -0.1) is 11.3 Å². The van der Waals surface area contributed by atoms with E-state index in [1.807, 2.05) is 18.3 Å². The molecule has 0 aromatic carbocycles. The van der Waals surface area contributed by atoms with E-state index in [1.165, 1.54) is 4.88 Å². The Balaban J connectivity index is 1.51. The summed E-state index contributed by atoms with van der Waals surface area (Å²) < 4.78 is 0. The molecule has 20 heavy (non-hydrogen) atoms. The number of piperazine rings is 1. The van der Waals surface area contributed by atoms with Crippen molar-refractivity contribution in [1.82, 2.24) is 9.88 Å². The lowest BCUT2D eigenvalue weighted by molar-refractivity contribution is 0.243. The third-order valence-corrected chi connectivity index (χ3v) is 4.71. The van der Waals surface area contributed by atoms with Crippen LogP contribution in [0, 0.1) is 0 Å². The molecule has 0 radical (unpaired) electrons. The molecule has 2 N–H and O–H groups in total. The smallest absolute Gasteiger partial charge is 0.128 e. The highest BCUT2D eigenvalue weighted by molar-refractivity contribution is 7.10. The minimum atomic E-state index is 0.136. The summed E-state index contributed by atoms with van der Waals surface area (Å²) in [5, 5.41) is 2.09. The number of hydrogen-bond donors (Lipinski definition) is 1. The summed E-state index contributed by atoms with van der Waals surface area (Å²) in [5.41, 5.74) is 6.26. The molecule has 0 spiro atoms. The van der Waals surface area contributed by atoms with Crippen molar-refractivity contribution in [3.05, 3.63) is 46.8 Å². The summed E-state index contributed by atoms with van der Waals surface area (Å²) in [4.78, 5) is 10.5. The Morgan fingerprint density at radius 3 is 2.65 bits per heavy atom. The van der Waals surface area contributed by atoms with E-state index in [2.05, 4.69) is 38.4 Å². The van der Waals surface area contributed by atoms with Gasteiger partial charge in [0.15, 0.2) is 0 Å². The maximum Gasteiger partial charge on any atom is 0.128 e. The fourth-order valence-electron chi connectivity index (χ4n) is 2.57. The molecular formula is C15H20N4S. The van der Waals surface area contributed by atoms with Gasteiger partial charge in [0.25, 0.3) is 0 Å². The Bertz CT molecular complexity index is 506. The first-order chi connectivity index (χ1) is 9.83. The topological polar surface area (TPSA) is 45.4 Å². The zero-order valence-electron chi connectivity index (χ0n) is 11.5. The van der Waals surface area contributed by atoms with E-state index < -0.39 is 0 Å². The third-order valence-electron chi connectivity index (χ3n) is 3.71. The van der Waals surface area contributed by atoms with Gasteiger partial charge >= 0.3 is 0 Å². The van der Waals surface area contributed by atoms with Crippen LogP contribution in [0.2, 0.25) is 0 Å². The summed E-state index contributed by atoms with van der Waals surface area (Å²) >= 11 is 1.74. The van der Waals surface area contributed by atoms with Gasteiger partial charge in [0.05, 0.1) is 6.04 Å². The van der Waals surface area contributed by atoms with Gasteiger partial charge in [-0.3, -0.25) is 4.90 Å². The molecule has 1 aliphatic heterocycles. The number of rotatable bonds is 4. The van der Waals surface area contributed by atoms with Gasteiger partial charge in [0, 0.05) is 43.8 Å². The van der Waals surface area contributed by atoms with E-state index in [9.17, 15) is 0 Å². The van der Waals surface area contributed by atoms with Gasteiger partial charge in [-0.1, -0.05) is 12.1 Å². The molecule has 1 saturated heterocycles.